The van der Waals surface area contributed by atoms with Crippen LogP contribution in [0, 0.1) is 0 Å². The molecule has 5 nitrogen and oxygen atoms in total. The molecule has 0 spiro atoms. The number of sulfone groups is 1. The van der Waals surface area contributed by atoms with Gasteiger partial charge in [-0.3, -0.25) is 4.79 Å². The van der Waals surface area contributed by atoms with E-state index >= 15 is 0 Å². The van der Waals surface area contributed by atoms with Gasteiger partial charge < -0.3 is 10.1 Å². The predicted molar refractivity (Wildman–Crippen MR) is 119 cm³/mol. The molecule has 0 aliphatic rings. The second-order valence-corrected chi connectivity index (χ2v) is 9.32. The number of benzene rings is 3. The molecule has 0 aliphatic heterocycles. The van der Waals surface area contributed by atoms with Gasteiger partial charge in [0.05, 0.1) is 10.9 Å². The molecule has 30 heavy (non-hydrogen) atoms. The Bertz CT molecular complexity index is 1120. The SMILES string of the molecule is CC[C@@H](Oc1cccc2ccccc12)C(=O)N[C@H](CC)c1ccc(S(C)(=O)=O)cc1. The monoisotopic (exact) mass is 425 g/mol. The van der Waals surface area contributed by atoms with Crippen molar-refractivity contribution in [2.45, 2.75) is 43.7 Å². The summed E-state index contributed by atoms with van der Waals surface area (Å²) in [6, 6.07) is 20.1. The molecule has 158 valence electrons. The zero-order valence-electron chi connectivity index (χ0n) is 17.5. The van der Waals surface area contributed by atoms with E-state index in [-0.39, 0.29) is 16.8 Å². The first kappa shape index (κ1) is 21.8. The summed E-state index contributed by atoms with van der Waals surface area (Å²) in [4.78, 5) is 13.2. The molecule has 0 aliphatic carbocycles. The van der Waals surface area contributed by atoms with Gasteiger partial charge in [0.2, 0.25) is 0 Å². The number of nitrogens with one attached hydrogen (secondary N) is 1. The van der Waals surface area contributed by atoms with E-state index < -0.39 is 15.9 Å². The van der Waals surface area contributed by atoms with Crippen LogP contribution in [-0.2, 0) is 14.6 Å². The smallest absolute Gasteiger partial charge is 0.261 e. The number of carbonyl (C=O) groups is 1. The van der Waals surface area contributed by atoms with E-state index in [0.29, 0.717) is 18.6 Å². The fourth-order valence-corrected chi connectivity index (χ4v) is 4.04. The first-order chi connectivity index (χ1) is 14.3. The summed E-state index contributed by atoms with van der Waals surface area (Å²) in [5.41, 5.74) is 0.860. The van der Waals surface area contributed by atoms with Crippen LogP contribution in [0.4, 0.5) is 0 Å². The Labute approximate surface area is 178 Å². The Balaban J connectivity index is 1.76. The maximum absolute atomic E-state index is 13.0. The molecule has 1 N–H and O–H groups in total. The Kier molecular flexibility index (Phi) is 6.77. The van der Waals surface area contributed by atoms with Gasteiger partial charge in [0.25, 0.3) is 5.91 Å². The van der Waals surface area contributed by atoms with Crippen molar-refractivity contribution in [2.24, 2.45) is 0 Å². The number of hydrogen-bond acceptors (Lipinski definition) is 4. The molecule has 3 aromatic rings. The van der Waals surface area contributed by atoms with Gasteiger partial charge in [-0.15, -0.1) is 0 Å². The van der Waals surface area contributed by atoms with Crippen LogP contribution in [0.3, 0.4) is 0 Å². The van der Waals surface area contributed by atoms with Gasteiger partial charge in [0.15, 0.2) is 15.9 Å². The topological polar surface area (TPSA) is 72.5 Å². The lowest BCUT2D eigenvalue weighted by Crippen LogP contribution is -2.40. The lowest BCUT2D eigenvalue weighted by Gasteiger charge is -2.23. The summed E-state index contributed by atoms with van der Waals surface area (Å²) >= 11 is 0. The maximum Gasteiger partial charge on any atom is 0.261 e. The van der Waals surface area contributed by atoms with Crippen LogP contribution < -0.4 is 10.1 Å². The number of ether oxygens (including phenoxy) is 1. The highest BCUT2D eigenvalue weighted by Gasteiger charge is 2.23. The molecule has 3 aromatic carbocycles. The first-order valence-electron chi connectivity index (χ1n) is 10.1. The number of fused-ring (bicyclic) bond motifs is 1. The Morgan fingerprint density at radius 1 is 0.933 bits per heavy atom. The molecule has 0 radical (unpaired) electrons. The summed E-state index contributed by atoms with van der Waals surface area (Å²) in [7, 11) is -3.25. The molecular weight excluding hydrogens is 398 g/mol. The van der Waals surface area contributed by atoms with E-state index in [9.17, 15) is 13.2 Å². The molecule has 3 rings (SSSR count). The largest absolute Gasteiger partial charge is 0.480 e. The third-order valence-electron chi connectivity index (χ3n) is 5.12. The van der Waals surface area contributed by atoms with E-state index in [1.165, 1.54) is 6.26 Å². The first-order valence-corrected chi connectivity index (χ1v) is 12.0. The van der Waals surface area contributed by atoms with Gasteiger partial charge in [-0.2, -0.15) is 0 Å². The third kappa shape index (κ3) is 5.00. The zero-order valence-corrected chi connectivity index (χ0v) is 18.3. The molecule has 0 aromatic heterocycles. The van der Waals surface area contributed by atoms with Gasteiger partial charge in [-0.1, -0.05) is 62.4 Å². The quantitative estimate of drug-likeness (QED) is 0.569. The average molecular weight is 426 g/mol. The van der Waals surface area contributed by atoms with E-state index in [1.54, 1.807) is 24.3 Å². The fourth-order valence-electron chi connectivity index (χ4n) is 3.41. The van der Waals surface area contributed by atoms with Crippen molar-refractivity contribution in [3.8, 4) is 5.75 Å². The van der Waals surface area contributed by atoms with Crippen LogP contribution in [0.15, 0.2) is 71.6 Å². The maximum atomic E-state index is 13.0. The average Bonchev–Trinajstić information content (AvgIpc) is 2.75. The summed E-state index contributed by atoms with van der Waals surface area (Å²) in [6.45, 7) is 3.89. The fraction of sp³-hybridized carbons (Fsp3) is 0.292. The van der Waals surface area contributed by atoms with Gasteiger partial charge >= 0.3 is 0 Å². The van der Waals surface area contributed by atoms with Crippen LogP contribution in [0.5, 0.6) is 5.75 Å². The van der Waals surface area contributed by atoms with E-state index in [2.05, 4.69) is 5.32 Å². The van der Waals surface area contributed by atoms with Gasteiger partial charge in [-0.25, -0.2) is 8.42 Å². The van der Waals surface area contributed by atoms with Crippen molar-refractivity contribution in [2.75, 3.05) is 6.26 Å². The van der Waals surface area contributed by atoms with E-state index in [0.717, 1.165) is 16.3 Å². The lowest BCUT2D eigenvalue weighted by atomic mass is 10.0. The van der Waals surface area contributed by atoms with E-state index in [1.807, 2.05) is 56.3 Å². The van der Waals surface area contributed by atoms with Crippen molar-refractivity contribution in [1.82, 2.24) is 5.32 Å². The Morgan fingerprint density at radius 3 is 2.23 bits per heavy atom. The minimum absolute atomic E-state index is 0.190. The number of rotatable bonds is 8. The van der Waals surface area contributed by atoms with Crippen molar-refractivity contribution < 1.29 is 17.9 Å². The molecule has 0 heterocycles. The number of carbonyl (C=O) groups excluding carboxylic acids is 1. The molecule has 2 atom stereocenters. The van der Waals surface area contributed by atoms with Crippen molar-refractivity contribution in [3.63, 3.8) is 0 Å². The van der Waals surface area contributed by atoms with Gasteiger partial charge in [-0.05, 0) is 42.0 Å². The molecule has 0 unspecified atom stereocenters. The Hall–Kier alpha value is -2.86. The van der Waals surface area contributed by atoms with Gasteiger partial charge in [0, 0.05) is 11.6 Å². The molecule has 0 saturated heterocycles. The summed E-state index contributed by atoms with van der Waals surface area (Å²) in [5.74, 6) is 0.491. The molecular formula is C24H27NO4S. The highest BCUT2D eigenvalue weighted by atomic mass is 32.2. The minimum atomic E-state index is -3.25. The van der Waals surface area contributed by atoms with Crippen molar-refractivity contribution >= 4 is 26.5 Å². The molecule has 1 amide bonds. The Morgan fingerprint density at radius 2 is 1.60 bits per heavy atom. The summed E-state index contributed by atoms with van der Waals surface area (Å²) in [5, 5.41) is 5.07. The predicted octanol–water partition coefficient (Wildman–Crippen LogP) is 4.67. The molecule has 0 saturated carbocycles. The van der Waals surface area contributed by atoms with Crippen LogP contribution in [0.2, 0.25) is 0 Å². The molecule has 0 fully saturated rings. The van der Waals surface area contributed by atoms with Crippen LogP contribution in [-0.4, -0.2) is 26.7 Å². The van der Waals surface area contributed by atoms with Crippen LogP contribution in [0.25, 0.3) is 10.8 Å². The summed E-state index contributed by atoms with van der Waals surface area (Å²) < 4.78 is 29.4. The van der Waals surface area contributed by atoms with Gasteiger partial charge in [0.1, 0.15) is 5.75 Å². The van der Waals surface area contributed by atoms with Crippen molar-refractivity contribution in [1.29, 1.82) is 0 Å². The van der Waals surface area contributed by atoms with Crippen LogP contribution >= 0.6 is 0 Å². The lowest BCUT2D eigenvalue weighted by molar-refractivity contribution is -0.128. The van der Waals surface area contributed by atoms with E-state index in [4.69, 9.17) is 4.74 Å². The highest BCUT2D eigenvalue weighted by molar-refractivity contribution is 7.90. The van der Waals surface area contributed by atoms with Crippen LogP contribution in [0.1, 0.15) is 38.3 Å². The number of amides is 1. The summed E-state index contributed by atoms with van der Waals surface area (Å²) in [6.07, 6.45) is 1.75. The highest BCUT2D eigenvalue weighted by Crippen LogP contribution is 2.27. The standard InChI is InChI=1S/C24H27NO4S/c1-4-21(18-13-15-19(16-14-18)30(3,27)28)25-24(26)22(5-2)29-23-12-8-10-17-9-6-7-11-20(17)23/h6-16,21-22H,4-5H2,1-3H3,(H,25,26)/t21-,22-/m1/s1. The molecule has 0 bridgehead atoms. The van der Waals surface area contributed by atoms with Crippen molar-refractivity contribution in [3.05, 3.63) is 72.3 Å². The third-order valence-corrected chi connectivity index (χ3v) is 6.25. The second kappa shape index (κ2) is 9.30. The minimum Gasteiger partial charge on any atom is -0.480 e. The normalized spacial score (nSPS) is 13.6. The zero-order chi connectivity index (χ0) is 21.7. The molecule has 6 heteroatoms. The second-order valence-electron chi connectivity index (χ2n) is 7.30. The number of hydrogen-bond donors (Lipinski definition) is 1.